The second-order valence-electron chi connectivity index (χ2n) is 5.30. The molecule has 0 radical (unpaired) electrons. The zero-order valence-corrected chi connectivity index (χ0v) is 10.9. The molecule has 0 aliphatic heterocycles. The molecule has 6 heteroatoms. The summed E-state index contributed by atoms with van der Waals surface area (Å²) in [6.07, 6.45) is 3.56. The van der Waals surface area contributed by atoms with Crippen molar-refractivity contribution in [2.45, 2.75) is 45.1 Å². The molecule has 18 heavy (non-hydrogen) atoms. The lowest BCUT2D eigenvalue weighted by atomic mass is 10.2. The molecule has 1 fully saturated rings. The van der Waals surface area contributed by atoms with E-state index in [4.69, 9.17) is 5.84 Å². The minimum absolute atomic E-state index is 0.0775. The van der Waals surface area contributed by atoms with Gasteiger partial charge in [0.15, 0.2) is 5.69 Å². The number of amides is 1. The third-order valence-corrected chi connectivity index (χ3v) is 3.11. The number of nitrogens with one attached hydrogen (secondary N) is 2. The van der Waals surface area contributed by atoms with Crippen LogP contribution in [-0.4, -0.2) is 21.4 Å². The second kappa shape index (κ2) is 4.53. The van der Waals surface area contributed by atoms with Gasteiger partial charge in [-0.3, -0.25) is 10.6 Å². The molecular weight excluding hydrogens is 230 g/mol. The van der Waals surface area contributed by atoms with Crippen molar-refractivity contribution in [3.63, 3.8) is 0 Å². The molecule has 0 spiro atoms. The predicted molar refractivity (Wildman–Crippen MR) is 69.0 cm³/mol. The third-order valence-electron chi connectivity index (χ3n) is 3.11. The first-order valence-electron chi connectivity index (χ1n) is 6.11. The van der Waals surface area contributed by atoms with Gasteiger partial charge in [0, 0.05) is 11.5 Å². The van der Waals surface area contributed by atoms with E-state index in [0.29, 0.717) is 17.2 Å². The van der Waals surface area contributed by atoms with Crippen LogP contribution in [-0.2, 0) is 0 Å². The molecule has 0 unspecified atom stereocenters. The Morgan fingerprint density at radius 2 is 2.17 bits per heavy atom. The van der Waals surface area contributed by atoms with Gasteiger partial charge in [0.25, 0.3) is 5.91 Å². The van der Waals surface area contributed by atoms with Gasteiger partial charge in [-0.1, -0.05) is 13.8 Å². The van der Waals surface area contributed by atoms with Crippen molar-refractivity contribution >= 4 is 11.6 Å². The number of nitrogens with zero attached hydrogens (tertiary/aromatic N) is 2. The lowest BCUT2D eigenvalue weighted by Crippen LogP contribution is -2.35. The zero-order valence-electron chi connectivity index (χ0n) is 10.9. The molecule has 0 atom stereocenters. The molecule has 1 aromatic rings. The maximum absolute atomic E-state index is 12.2. The standard InChI is InChI=1S/C12H19N5O/c1-7(2)10-14-6-8(17-13)9(15-10)11(18)16-12(3)4-5-12/h6-7,17H,4-5,13H2,1-3H3,(H,16,18). The van der Waals surface area contributed by atoms with Crippen molar-refractivity contribution in [3.8, 4) is 0 Å². The van der Waals surface area contributed by atoms with Crippen LogP contribution >= 0.6 is 0 Å². The Hall–Kier alpha value is -1.69. The summed E-state index contributed by atoms with van der Waals surface area (Å²) in [7, 11) is 0. The Labute approximate surface area is 106 Å². The highest BCUT2D eigenvalue weighted by Crippen LogP contribution is 2.34. The lowest BCUT2D eigenvalue weighted by molar-refractivity contribution is 0.0930. The number of nitrogen functional groups attached to an aromatic ring is 1. The van der Waals surface area contributed by atoms with E-state index in [1.54, 1.807) is 6.20 Å². The highest BCUT2D eigenvalue weighted by atomic mass is 16.2. The average Bonchev–Trinajstić information content (AvgIpc) is 3.05. The molecule has 1 aliphatic rings. The summed E-state index contributed by atoms with van der Waals surface area (Å²) < 4.78 is 0. The number of nitrogens with two attached hydrogens (primary N) is 1. The number of hydrogen-bond acceptors (Lipinski definition) is 5. The monoisotopic (exact) mass is 249 g/mol. The van der Waals surface area contributed by atoms with Crippen molar-refractivity contribution in [1.82, 2.24) is 15.3 Å². The molecular formula is C12H19N5O. The van der Waals surface area contributed by atoms with Gasteiger partial charge in [-0.2, -0.15) is 0 Å². The van der Waals surface area contributed by atoms with Crippen LogP contribution in [0.3, 0.4) is 0 Å². The maximum atomic E-state index is 12.2. The number of hydrazine groups is 1. The summed E-state index contributed by atoms with van der Waals surface area (Å²) in [4.78, 5) is 20.6. The molecule has 1 amide bonds. The van der Waals surface area contributed by atoms with Crippen LogP contribution in [0.4, 0.5) is 5.69 Å². The smallest absolute Gasteiger partial charge is 0.272 e. The molecule has 0 bridgehead atoms. The van der Waals surface area contributed by atoms with Crippen molar-refractivity contribution in [2.75, 3.05) is 5.43 Å². The largest absolute Gasteiger partial charge is 0.345 e. The normalized spacial score (nSPS) is 16.5. The van der Waals surface area contributed by atoms with Gasteiger partial charge in [-0.05, 0) is 19.8 Å². The van der Waals surface area contributed by atoms with Crippen LogP contribution in [0.1, 0.15) is 55.8 Å². The predicted octanol–water partition coefficient (Wildman–Crippen LogP) is 1.17. The SMILES string of the molecule is CC(C)c1ncc(NN)c(C(=O)NC2(C)CC2)n1. The van der Waals surface area contributed by atoms with Crippen LogP contribution < -0.4 is 16.6 Å². The van der Waals surface area contributed by atoms with Crippen molar-refractivity contribution in [1.29, 1.82) is 0 Å². The number of aromatic nitrogens is 2. The molecule has 4 N–H and O–H groups in total. The molecule has 6 nitrogen and oxygen atoms in total. The van der Waals surface area contributed by atoms with Crippen LogP contribution in [0.15, 0.2) is 6.20 Å². The van der Waals surface area contributed by atoms with E-state index in [2.05, 4.69) is 20.7 Å². The van der Waals surface area contributed by atoms with Gasteiger partial charge < -0.3 is 10.7 Å². The van der Waals surface area contributed by atoms with Crippen LogP contribution in [0.5, 0.6) is 0 Å². The first kappa shape index (κ1) is 12.8. The number of anilines is 1. The maximum Gasteiger partial charge on any atom is 0.272 e. The number of rotatable bonds is 4. The van der Waals surface area contributed by atoms with Crippen molar-refractivity contribution in [2.24, 2.45) is 5.84 Å². The Morgan fingerprint density at radius 3 is 2.67 bits per heavy atom. The molecule has 98 valence electrons. The number of carbonyl (C=O) groups excluding carboxylic acids is 1. The van der Waals surface area contributed by atoms with Crippen LogP contribution in [0.2, 0.25) is 0 Å². The molecule has 1 heterocycles. The molecule has 1 aromatic heterocycles. The van der Waals surface area contributed by atoms with E-state index in [1.165, 1.54) is 0 Å². The Kier molecular flexibility index (Phi) is 3.21. The second-order valence-corrected chi connectivity index (χ2v) is 5.30. The van der Waals surface area contributed by atoms with E-state index < -0.39 is 0 Å². The lowest BCUT2D eigenvalue weighted by Gasteiger charge is -2.14. The van der Waals surface area contributed by atoms with Crippen molar-refractivity contribution in [3.05, 3.63) is 17.7 Å². The number of hydrogen-bond donors (Lipinski definition) is 3. The van der Waals surface area contributed by atoms with Crippen LogP contribution in [0, 0.1) is 0 Å². The Balaban J connectivity index is 2.28. The number of carbonyl (C=O) groups is 1. The minimum atomic E-state index is -0.202. The van der Waals surface area contributed by atoms with Crippen LogP contribution in [0.25, 0.3) is 0 Å². The molecule has 1 saturated carbocycles. The summed E-state index contributed by atoms with van der Waals surface area (Å²) in [5, 5.41) is 2.96. The van der Waals surface area contributed by atoms with Crippen molar-refractivity contribution < 1.29 is 4.79 Å². The van der Waals surface area contributed by atoms with E-state index in [0.717, 1.165) is 12.8 Å². The highest BCUT2D eigenvalue weighted by Gasteiger charge is 2.39. The Morgan fingerprint density at radius 1 is 1.50 bits per heavy atom. The van der Waals surface area contributed by atoms with Gasteiger partial charge in [-0.15, -0.1) is 0 Å². The topological polar surface area (TPSA) is 92.9 Å². The highest BCUT2D eigenvalue weighted by molar-refractivity contribution is 5.98. The Bertz CT molecular complexity index is 468. The van der Waals surface area contributed by atoms with Gasteiger partial charge in [0.2, 0.25) is 0 Å². The molecule has 0 saturated heterocycles. The van der Waals surface area contributed by atoms with Gasteiger partial charge in [0.05, 0.1) is 11.9 Å². The van der Waals surface area contributed by atoms with Gasteiger partial charge in [0.1, 0.15) is 5.82 Å². The quantitative estimate of drug-likeness (QED) is 0.550. The molecule has 1 aliphatic carbocycles. The van der Waals surface area contributed by atoms with Gasteiger partial charge >= 0.3 is 0 Å². The fraction of sp³-hybridized carbons (Fsp3) is 0.583. The summed E-state index contributed by atoms with van der Waals surface area (Å²) >= 11 is 0. The first-order chi connectivity index (χ1) is 8.45. The zero-order chi connectivity index (χ0) is 13.3. The first-order valence-corrected chi connectivity index (χ1v) is 6.11. The minimum Gasteiger partial charge on any atom is -0.345 e. The summed E-state index contributed by atoms with van der Waals surface area (Å²) in [5.41, 5.74) is 3.14. The van der Waals surface area contributed by atoms with E-state index in [1.807, 2.05) is 20.8 Å². The van der Waals surface area contributed by atoms with E-state index in [9.17, 15) is 4.79 Å². The summed E-state index contributed by atoms with van der Waals surface area (Å²) in [6, 6.07) is 0. The fourth-order valence-corrected chi connectivity index (χ4v) is 1.60. The summed E-state index contributed by atoms with van der Waals surface area (Å²) in [5.74, 6) is 5.99. The average molecular weight is 249 g/mol. The fourth-order valence-electron chi connectivity index (χ4n) is 1.60. The van der Waals surface area contributed by atoms with E-state index in [-0.39, 0.29) is 17.4 Å². The van der Waals surface area contributed by atoms with E-state index >= 15 is 0 Å². The molecule has 0 aromatic carbocycles. The molecule has 2 rings (SSSR count). The third kappa shape index (κ3) is 2.59. The van der Waals surface area contributed by atoms with Gasteiger partial charge in [-0.25, -0.2) is 9.97 Å². The summed E-state index contributed by atoms with van der Waals surface area (Å²) in [6.45, 7) is 5.98.